The molecule has 0 saturated heterocycles. The Hall–Kier alpha value is -2.54. The maximum Gasteiger partial charge on any atom is 0.161 e. The van der Waals surface area contributed by atoms with E-state index < -0.39 is 0 Å². The van der Waals surface area contributed by atoms with Crippen molar-refractivity contribution in [2.45, 2.75) is 0 Å². The van der Waals surface area contributed by atoms with Gasteiger partial charge >= 0.3 is 0 Å². The summed E-state index contributed by atoms with van der Waals surface area (Å²) in [6.45, 7) is 0. The van der Waals surface area contributed by atoms with Crippen molar-refractivity contribution in [3.63, 3.8) is 0 Å². The number of H-pyrrole nitrogens is 1. The average molecular weight is 302 g/mol. The maximum absolute atomic E-state index is 6.01. The summed E-state index contributed by atoms with van der Waals surface area (Å²) in [5, 5.41) is 7.07. The van der Waals surface area contributed by atoms with Crippen LogP contribution in [0.15, 0.2) is 29.9 Å². The third kappa shape index (κ3) is 2.31. The lowest BCUT2D eigenvalue weighted by Crippen LogP contribution is -1.93. The lowest BCUT2D eigenvalue weighted by atomic mass is 10.0. The van der Waals surface area contributed by atoms with E-state index in [-0.39, 0.29) is 0 Å². The van der Waals surface area contributed by atoms with Gasteiger partial charge in [-0.15, -0.1) is 11.3 Å². The molecule has 3 N–H and O–H groups in total. The summed E-state index contributed by atoms with van der Waals surface area (Å²) in [7, 11) is 3.21. The maximum atomic E-state index is 6.01. The molecule has 1 aromatic carbocycles. The quantitative estimate of drug-likeness (QED) is 0.774. The fourth-order valence-corrected chi connectivity index (χ4v) is 2.78. The number of anilines is 1. The first kappa shape index (κ1) is 13.4. The van der Waals surface area contributed by atoms with Gasteiger partial charge in [0.05, 0.1) is 35.9 Å². The Kier molecular flexibility index (Phi) is 3.49. The first-order valence-corrected chi connectivity index (χ1v) is 7.07. The summed E-state index contributed by atoms with van der Waals surface area (Å²) in [6, 6.07) is 5.65. The molecule has 0 bridgehead atoms. The lowest BCUT2D eigenvalue weighted by molar-refractivity contribution is 0.355. The van der Waals surface area contributed by atoms with Gasteiger partial charge in [0.2, 0.25) is 0 Å². The highest BCUT2D eigenvalue weighted by Crippen LogP contribution is 2.39. The van der Waals surface area contributed by atoms with Gasteiger partial charge in [-0.25, -0.2) is 0 Å². The monoisotopic (exact) mass is 302 g/mol. The van der Waals surface area contributed by atoms with E-state index in [0.717, 1.165) is 21.7 Å². The third-order valence-corrected chi connectivity index (χ3v) is 3.94. The van der Waals surface area contributed by atoms with Crippen LogP contribution in [0, 0.1) is 0 Å². The third-order valence-electron chi connectivity index (χ3n) is 3.15. The summed E-state index contributed by atoms with van der Waals surface area (Å²) >= 11 is 1.52. The van der Waals surface area contributed by atoms with Gasteiger partial charge in [0, 0.05) is 6.20 Å². The van der Waals surface area contributed by atoms with Crippen LogP contribution in [0.5, 0.6) is 11.5 Å². The van der Waals surface area contributed by atoms with E-state index in [9.17, 15) is 0 Å². The number of methoxy groups -OCH3 is 2. The molecule has 0 amide bonds. The molecular weight excluding hydrogens is 288 g/mol. The van der Waals surface area contributed by atoms with Crippen LogP contribution in [0.4, 0.5) is 5.82 Å². The molecule has 2 heterocycles. The SMILES string of the molecule is COc1ccc(-c2c(N)n[nH]c2-c2cncs2)cc1OC. The zero-order chi connectivity index (χ0) is 14.8. The van der Waals surface area contributed by atoms with E-state index in [1.54, 1.807) is 25.9 Å². The zero-order valence-electron chi connectivity index (χ0n) is 11.6. The van der Waals surface area contributed by atoms with Crippen molar-refractivity contribution in [3.8, 4) is 33.2 Å². The van der Waals surface area contributed by atoms with Crippen molar-refractivity contribution < 1.29 is 9.47 Å². The Labute approximate surface area is 125 Å². The van der Waals surface area contributed by atoms with Gasteiger partial charge in [0.15, 0.2) is 17.3 Å². The standard InChI is InChI=1S/C14H14N4O2S/c1-19-9-4-3-8(5-10(9)20-2)12-13(17-18-14(12)15)11-6-16-7-21-11/h3-7H,1-2H3,(H3,15,17,18). The second-order valence-electron chi connectivity index (χ2n) is 4.29. The Balaban J connectivity index is 2.15. The minimum absolute atomic E-state index is 0.436. The predicted octanol–water partition coefficient (Wildman–Crippen LogP) is 2.80. The first-order chi connectivity index (χ1) is 10.2. The number of nitrogens with zero attached hydrogens (tertiary/aromatic N) is 2. The van der Waals surface area contributed by atoms with Gasteiger partial charge in [-0.05, 0) is 17.7 Å². The molecule has 0 saturated carbocycles. The van der Waals surface area contributed by atoms with E-state index in [1.165, 1.54) is 11.3 Å². The Bertz CT molecular complexity index is 752. The largest absolute Gasteiger partial charge is 0.493 e. The zero-order valence-corrected chi connectivity index (χ0v) is 12.4. The number of benzene rings is 1. The Morgan fingerprint density at radius 2 is 2.00 bits per heavy atom. The molecule has 0 fully saturated rings. The number of nitrogen functional groups attached to an aromatic ring is 1. The van der Waals surface area contributed by atoms with Crippen LogP contribution in [0.1, 0.15) is 0 Å². The number of rotatable bonds is 4. The van der Waals surface area contributed by atoms with Gasteiger partial charge in [-0.2, -0.15) is 5.10 Å². The van der Waals surface area contributed by atoms with Crippen LogP contribution >= 0.6 is 11.3 Å². The highest BCUT2D eigenvalue weighted by Gasteiger charge is 2.17. The molecule has 0 aliphatic rings. The van der Waals surface area contributed by atoms with Crippen LogP contribution in [-0.4, -0.2) is 29.4 Å². The van der Waals surface area contributed by atoms with Crippen molar-refractivity contribution in [1.82, 2.24) is 15.2 Å². The fourth-order valence-electron chi connectivity index (χ4n) is 2.16. The Morgan fingerprint density at radius 1 is 1.19 bits per heavy atom. The number of nitrogens with one attached hydrogen (secondary N) is 1. The second-order valence-corrected chi connectivity index (χ2v) is 5.18. The van der Waals surface area contributed by atoms with Crippen LogP contribution in [0.25, 0.3) is 21.7 Å². The normalized spacial score (nSPS) is 10.6. The molecule has 0 radical (unpaired) electrons. The fraction of sp³-hybridized carbons (Fsp3) is 0.143. The van der Waals surface area contributed by atoms with Gasteiger partial charge < -0.3 is 15.2 Å². The van der Waals surface area contributed by atoms with Crippen LogP contribution in [0.2, 0.25) is 0 Å². The molecule has 0 aliphatic carbocycles. The van der Waals surface area contributed by atoms with E-state index in [0.29, 0.717) is 17.3 Å². The topological polar surface area (TPSA) is 86.0 Å². The summed E-state index contributed by atoms with van der Waals surface area (Å²) < 4.78 is 10.6. The summed E-state index contributed by atoms with van der Waals surface area (Å²) in [6.07, 6.45) is 1.78. The highest BCUT2D eigenvalue weighted by atomic mass is 32.1. The van der Waals surface area contributed by atoms with Crippen molar-refractivity contribution in [2.75, 3.05) is 20.0 Å². The summed E-state index contributed by atoms with van der Waals surface area (Å²) in [5.74, 6) is 1.75. The minimum atomic E-state index is 0.436. The smallest absolute Gasteiger partial charge is 0.161 e. The Morgan fingerprint density at radius 3 is 2.67 bits per heavy atom. The van der Waals surface area contributed by atoms with Gasteiger partial charge in [-0.1, -0.05) is 6.07 Å². The summed E-state index contributed by atoms with van der Waals surface area (Å²) in [5.41, 5.74) is 10.4. The molecule has 6 nitrogen and oxygen atoms in total. The number of thiazole rings is 1. The second kappa shape index (κ2) is 5.45. The molecule has 0 unspecified atom stereocenters. The average Bonchev–Trinajstić information content (AvgIpc) is 3.15. The molecule has 0 spiro atoms. The first-order valence-electron chi connectivity index (χ1n) is 6.19. The number of aromatic amines is 1. The molecule has 7 heteroatoms. The number of hydrogen-bond acceptors (Lipinski definition) is 6. The number of ether oxygens (including phenoxy) is 2. The number of nitrogens with two attached hydrogens (primary N) is 1. The molecule has 0 atom stereocenters. The van der Waals surface area contributed by atoms with Crippen LogP contribution < -0.4 is 15.2 Å². The van der Waals surface area contributed by atoms with Crippen molar-refractivity contribution in [2.24, 2.45) is 0 Å². The van der Waals surface area contributed by atoms with E-state index in [2.05, 4.69) is 15.2 Å². The van der Waals surface area contributed by atoms with Crippen LogP contribution in [-0.2, 0) is 0 Å². The highest BCUT2D eigenvalue weighted by molar-refractivity contribution is 7.13. The van der Waals surface area contributed by atoms with Crippen molar-refractivity contribution >= 4 is 17.2 Å². The number of aromatic nitrogens is 3. The van der Waals surface area contributed by atoms with Gasteiger partial charge in [0.25, 0.3) is 0 Å². The van der Waals surface area contributed by atoms with E-state index in [1.807, 2.05) is 18.2 Å². The molecule has 0 aliphatic heterocycles. The molecular formula is C14H14N4O2S. The molecule has 3 aromatic rings. The van der Waals surface area contributed by atoms with Crippen molar-refractivity contribution in [3.05, 3.63) is 29.9 Å². The summed E-state index contributed by atoms with van der Waals surface area (Å²) in [4.78, 5) is 5.06. The molecule has 3 rings (SSSR count). The predicted molar refractivity (Wildman–Crippen MR) is 82.6 cm³/mol. The van der Waals surface area contributed by atoms with Crippen molar-refractivity contribution in [1.29, 1.82) is 0 Å². The van der Waals surface area contributed by atoms with Crippen LogP contribution in [0.3, 0.4) is 0 Å². The molecule has 2 aromatic heterocycles. The number of hydrogen-bond donors (Lipinski definition) is 2. The van der Waals surface area contributed by atoms with E-state index in [4.69, 9.17) is 15.2 Å². The molecule has 108 valence electrons. The van der Waals surface area contributed by atoms with Gasteiger partial charge in [0.1, 0.15) is 0 Å². The van der Waals surface area contributed by atoms with Gasteiger partial charge in [-0.3, -0.25) is 10.1 Å². The molecule has 21 heavy (non-hydrogen) atoms. The minimum Gasteiger partial charge on any atom is -0.493 e. The van der Waals surface area contributed by atoms with E-state index >= 15 is 0 Å². The lowest BCUT2D eigenvalue weighted by Gasteiger charge is -2.10.